The molecule has 3 saturated heterocycles. The Bertz CT molecular complexity index is 4270. The molecule has 12 rings (SSSR count). The van der Waals surface area contributed by atoms with Crippen LogP contribution in [0.25, 0.3) is 31.3 Å². The second-order valence-electron chi connectivity index (χ2n) is 21.4. The van der Waals surface area contributed by atoms with E-state index in [1.807, 2.05) is 0 Å². The van der Waals surface area contributed by atoms with Gasteiger partial charge in [-0.05, 0) is 127 Å². The molecule has 0 spiro atoms. The van der Waals surface area contributed by atoms with Crippen LogP contribution in [0.2, 0.25) is 15.1 Å². The first-order valence-electron chi connectivity index (χ1n) is 28.1. The van der Waals surface area contributed by atoms with E-state index in [0.29, 0.717) is 15.0 Å². The number of amides is 3. The number of likely N-dealkylation sites (N-methyl/N-ethyl adjacent to an activating group) is 3. The third-order valence-electron chi connectivity index (χ3n) is 15.0. The molecule has 0 bridgehead atoms. The Morgan fingerprint density at radius 1 is 0.417 bits per heavy atom. The molecule has 0 radical (unpaired) electrons. The number of thiazole rings is 3. The van der Waals surface area contributed by atoms with Gasteiger partial charge in [-0.1, -0.05) is 71.2 Å². The second kappa shape index (κ2) is 29.8. The predicted molar refractivity (Wildman–Crippen MR) is 356 cm³/mol. The summed E-state index contributed by atoms with van der Waals surface area (Å²) in [6.45, 7) is 0. The molecule has 6 aromatic carbocycles. The van der Waals surface area contributed by atoms with Gasteiger partial charge in [0.25, 0.3) is 30.6 Å². The highest BCUT2D eigenvalue weighted by Gasteiger charge is 2.45. The number of benzene rings is 6. The number of aromatic nitrogens is 3. The van der Waals surface area contributed by atoms with Crippen LogP contribution in [-0.2, 0) is 45.0 Å². The zero-order chi connectivity index (χ0) is 69.1. The monoisotopic (exact) mass is 1490 g/mol. The number of halogens is 9. The van der Waals surface area contributed by atoms with E-state index in [9.17, 15) is 66.0 Å². The van der Waals surface area contributed by atoms with Crippen molar-refractivity contribution in [2.45, 2.75) is 55.5 Å². The van der Waals surface area contributed by atoms with Crippen LogP contribution in [-0.4, -0.2) is 110 Å². The van der Waals surface area contributed by atoms with Crippen molar-refractivity contribution in [1.82, 2.24) is 42.0 Å². The number of nitrogens with zero attached hydrogens (tertiary/aromatic N) is 6. The molecule has 6 N–H and O–H groups in total. The van der Waals surface area contributed by atoms with Gasteiger partial charge in [0.2, 0.25) is 17.7 Å². The first kappa shape index (κ1) is 71.5. The zero-order valence-corrected chi connectivity index (χ0v) is 56.8. The molecule has 3 aliphatic heterocycles. The van der Waals surface area contributed by atoms with Gasteiger partial charge in [0.15, 0.2) is 0 Å². The lowest BCUT2D eigenvalue weighted by Crippen LogP contribution is -2.55. The Morgan fingerprint density at radius 3 is 0.885 bits per heavy atom. The highest BCUT2D eigenvalue weighted by atomic mass is 35.5. The molecular formula is C60H51Cl3F6N12O9S6. The van der Waals surface area contributed by atoms with Crippen molar-refractivity contribution in [1.29, 1.82) is 0 Å². The van der Waals surface area contributed by atoms with Gasteiger partial charge >= 0.3 is 0 Å². The van der Waals surface area contributed by atoms with Gasteiger partial charge in [-0.25, -0.2) is 41.3 Å². The number of carbonyl (C=O) groups is 3. The van der Waals surface area contributed by atoms with Gasteiger partial charge in [0.05, 0.1) is 47.8 Å². The Balaban J connectivity index is 0.000000157. The summed E-state index contributed by atoms with van der Waals surface area (Å²) in [4.78, 5) is 53.7. The Kier molecular flexibility index (Phi) is 22.2. The molecule has 504 valence electrons. The van der Waals surface area contributed by atoms with Crippen molar-refractivity contribution < 1.29 is 66.0 Å². The number of rotatable bonds is 12. The summed E-state index contributed by atoms with van der Waals surface area (Å²) in [5.74, 6) is -4.73. The van der Waals surface area contributed by atoms with Crippen molar-refractivity contribution >= 4 is 134 Å². The van der Waals surface area contributed by atoms with E-state index < -0.39 is 102 Å². The summed E-state index contributed by atoms with van der Waals surface area (Å²) >= 11 is 21.0. The van der Waals surface area contributed by atoms with E-state index in [-0.39, 0.29) is 68.8 Å². The average Bonchev–Trinajstić information content (AvgIpc) is 1.27. The highest BCUT2D eigenvalue weighted by molar-refractivity contribution is 7.87. The minimum atomic E-state index is -3.97. The molecule has 0 aliphatic carbocycles. The second-order valence-corrected chi connectivity index (χ2v) is 31.1. The van der Waals surface area contributed by atoms with Crippen molar-refractivity contribution in [2.24, 2.45) is 0 Å². The van der Waals surface area contributed by atoms with Crippen LogP contribution in [0.3, 0.4) is 0 Å². The zero-order valence-electron chi connectivity index (χ0n) is 49.7. The topological polar surface area (TPSA) is 274 Å². The normalized spacial score (nSPS) is 20.8. The summed E-state index contributed by atoms with van der Waals surface area (Å²) in [5.41, 5.74) is 2.97. The summed E-state index contributed by atoms with van der Waals surface area (Å²) < 4.78 is 166. The van der Waals surface area contributed by atoms with Crippen molar-refractivity contribution in [3.05, 3.63) is 211 Å². The van der Waals surface area contributed by atoms with Crippen LogP contribution in [0.1, 0.15) is 52.4 Å². The first-order valence-corrected chi connectivity index (χ1v) is 36.0. The van der Waals surface area contributed by atoms with Gasteiger partial charge in [-0.2, -0.15) is 52.3 Å². The smallest absolute Gasteiger partial charge is 0.280 e. The van der Waals surface area contributed by atoms with Crippen LogP contribution in [0.15, 0.2) is 146 Å². The third kappa shape index (κ3) is 17.0. The number of anilines is 3. The molecule has 3 aromatic heterocycles. The van der Waals surface area contributed by atoms with Gasteiger partial charge in [-0.3, -0.25) is 14.4 Å². The largest absolute Gasteiger partial charge is 0.325 e. The van der Waals surface area contributed by atoms with E-state index in [1.54, 1.807) is 55.0 Å². The fourth-order valence-corrected chi connectivity index (χ4v) is 17.3. The van der Waals surface area contributed by atoms with Crippen LogP contribution >= 0.6 is 68.8 Å². The summed E-state index contributed by atoms with van der Waals surface area (Å²) in [6, 6.07) is 23.4. The SMILES string of the molecule is CN1C(C(=O)Nc2ccc(F)c(Cl)c2)CC(c2ncc(-c3ccc(F)cc3)s2)NS1(=O)=O.CN1[C@@H](C(=O)Nc2ccc(F)c(Cl)c2)C[C@@H](c2ncc(-c3ccc(F)cc3)s2)NS1(=O)=O.CN1[C@H](C(=O)Nc2ccc(F)c(Cl)c2)C[C@H](c2ncc(-c3ccc(F)cc3)s2)NS1(=O)=O. The molecule has 6 atom stereocenters. The van der Waals surface area contributed by atoms with Crippen LogP contribution in [0.4, 0.5) is 43.4 Å². The van der Waals surface area contributed by atoms with E-state index in [2.05, 4.69) is 45.1 Å². The minimum absolute atomic E-state index is 0.118. The quantitative estimate of drug-likeness (QED) is 0.0623. The molecule has 3 aliphatic rings. The number of hydrogen-bond donors (Lipinski definition) is 6. The van der Waals surface area contributed by atoms with Gasteiger partial charge < -0.3 is 16.0 Å². The summed E-state index contributed by atoms with van der Waals surface area (Å²) in [5, 5.41) is 8.67. The van der Waals surface area contributed by atoms with Crippen LogP contribution < -0.4 is 30.1 Å². The van der Waals surface area contributed by atoms with Crippen LogP contribution in [0.5, 0.6) is 0 Å². The molecule has 3 fully saturated rings. The van der Waals surface area contributed by atoms with Gasteiger partial charge in [-0.15, -0.1) is 34.0 Å². The minimum Gasteiger partial charge on any atom is -0.325 e. The molecule has 6 heterocycles. The van der Waals surface area contributed by atoms with E-state index >= 15 is 0 Å². The van der Waals surface area contributed by atoms with Crippen molar-refractivity contribution in [2.75, 3.05) is 37.1 Å². The predicted octanol–water partition coefficient (Wildman–Crippen LogP) is 11.9. The molecular weight excluding hydrogens is 1450 g/mol. The third-order valence-corrected chi connectivity index (χ3v) is 24.2. The highest BCUT2D eigenvalue weighted by Crippen LogP contribution is 2.39. The Labute approximate surface area is 573 Å². The molecule has 36 heteroatoms. The molecule has 96 heavy (non-hydrogen) atoms. The van der Waals surface area contributed by atoms with E-state index in [0.717, 1.165) is 62.4 Å². The lowest BCUT2D eigenvalue weighted by atomic mass is 10.1. The van der Waals surface area contributed by atoms with E-state index in [1.165, 1.54) is 128 Å². The fourth-order valence-electron chi connectivity index (χ4n) is 9.81. The molecule has 0 saturated carbocycles. The Morgan fingerprint density at radius 2 is 0.656 bits per heavy atom. The lowest BCUT2D eigenvalue weighted by molar-refractivity contribution is -0.120. The Hall–Kier alpha value is -7.32. The van der Waals surface area contributed by atoms with Gasteiger partial charge in [0, 0.05) is 56.8 Å². The first-order chi connectivity index (χ1) is 45.4. The number of hydrogen-bond acceptors (Lipinski definition) is 15. The maximum Gasteiger partial charge on any atom is 0.280 e. The molecule has 2 unspecified atom stereocenters. The maximum absolute atomic E-state index is 13.4. The molecule has 21 nitrogen and oxygen atoms in total. The average molecular weight is 1500 g/mol. The van der Waals surface area contributed by atoms with Crippen LogP contribution in [0, 0.1) is 34.9 Å². The van der Waals surface area contributed by atoms with Crippen molar-refractivity contribution in [3.8, 4) is 31.3 Å². The molecule has 3 amide bonds. The van der Waals surface area contributed by atoms with Gasteiger partial charge in [0.1, 0.15) is 68.1 Å². The maximum atomic E-state index is 13.4. The molecule has 9 aromatic rings. The lowest BCUT2D eigenvalue weighted by Gasteiger charge is -2.35. The fraction of sp³-hybridized carbons (Fsp3) is 0.200. The summed E-state index contributed by atoms with van der Waals surface area (Å²) in [6.07, 6.45) is 5.09. The number of carbonyl (C=O) groups excluding carboxylic acids is 3. The van der Waals surface area contributed by atoms with Crippen molar-refractivity contribution in [3.63, 3.8) is 0 Å². The summed E-state index contributed by atoms with van der Waals surface area (Å²) in [7, 11) is -8.01. The standard InChI is InChI=1S/3C20H17ClF2N4O3S2/c3*1-27-17(19(28)25-13-6-7-15(23)14(21)8-13)9-16(26-32(27,29)30)20-24-10-18(31-20)11-2-4-12(22)5-3-11/h3*2-8,10,16-17,26H,9H2,1H3,(H,25,28)/t2*16-,17+;/m10./s1. The van der Waals surface area contributed by atoms with E-state index in [4.69, 9.17) is 34.8 Å². The number of nitrogens with one attached hydrogen (secondary N) is 6.